The molecule has 2 aromatic rings. The maximum atomic E-state index is 8.45. The Morgan fingerprint density at radius 2 is 1.94 bits per heavy atom. The maximum Gasteiger partial charge on any atom is 0.121 e. The number of nitrogens with zero attached hydrogens (tertiary/aromatic N) is 1. The van der Waals surface area contributed by atoms with Crippen LogP contribution < -0.4 is 4.74 Å². The molecule has 0 unspecified atom stereocenters. The van der Waals surface area contributed by atoms with Crippen LogP contribution in [-0.4, -0.2) is 11.4 Å². The zero-order chi connectivity index (χ0) is 12.8. The van der Waals surface area contributed by atoms with E-state index in [1.54, 1.807) is 18.2 Å². The van der Waals surface area contributed by atoms with Crippen molar-refractivity contribution in [2.45, 2.75) is 6.61 Å². The summed E-state index contributed by atoms with van der Waals surface area (Å²) >= 11 is 6.01. The number of oxime groups is 1. The van der Waals surface area contributed by atoms with Gasteiger partial charge in [-0.2, -0.15) is 0 Å². The van der Waals surface area contributed by atoms with Crippen molar-refractivity contribution in [3.8, 4) is 5.75 Å². The van der Waals surface area contributed by atoms with E-state index in [1.165, 1.54) is 6.21 Å². The van der Waals surface area contributed by atoms with Gasteiger partial charge >= 0.3 is 0 Å². The molecule has 0 heterocycles. The third-order valence-corrected chi connectivity index (χ3v) is 2.74. The smallest absolute Gasteiger partial charge is 0.121 e. The summed E-state index contributed by atoms with van der Waals surface area (Å²) in [6.45, 7) is 0.491. The molecular weight excluding hydrogens is 250 g/mol. The van der Waals surface area contributed by atoms with Crippen LogP contribution in [0.2, 0.25) is 5.02 Å². The van der Waals surface area contributed by atoms with Gasteiger partial charge in [0, 0.05) is 5.56 Å². The van der Waals surface area contributed by atoms with Gasteiger partial charge in [0.2, 0.25) is 0 Å². The first-order valence-electron chi connectivity index (χ1n) is 5.43. The highest BCUT2D eigenvalue weighted by Gasteiger charge is 2.01. The average Bonchev–Trinajstić information content (AvgIpc) is 2.41. The second-order valence-corrected chi connectivity index (χ2v) is 4.11. The minimum atomic E-state index is 0.485. The Balaban J connectivity index is 2.04. The molecule has 0 fully saturated rings. The fraction of sp³-hybridized carbons (Fsp3) is 0.0714. The van der Waals surface area contributed by atoms with Gasteiger partial charge in [-0.25, -0.2) is 0 Å². The highest BCUT2D eigenvalue weighted by atomic mass is 35.5. The number of halogens is 1. The van der Waals surface area contributed by atoms with Gasteiger partial charge < -0.3 is 9.94 Å². The molecule has 0 amide bonds. The summed E-state index contributed by atoms with van der Waals surface area (Å²) in [5.41, 5.74) is 1.74. The van der Waals surface area contributed by atoms with Crippen LogP contribution in [0, 0.1) is 0 Å². The first-order chi connectivity index (χ1) is 8.79. The molecule has 4 heteroatoms. The molecule has 0 saturated carbocycles. The van der Waals surface area contributed by atoms with E-state index in [4.69, 9.17) is 21.5 Å². The van der Waals surface area contributed by atoms with E-state index in [0.717, 1.165) is 5.56 Å². The standard InChI is InChI=1S/C14H12ClNO2/c15-14-8-13(7-6-12(14)9-16-17)18-10-11-4-2-1-3-5-11/h1-9,17H,10H2/b16-9+. The zero-order valence-corrected chi connectivity index (χ0v) is 10.3. The summed E-state index contributed by atoms with van der Waals surface area (Å²) in [6, 6.07) is 15.1. The van der Waals surface area contributed by atoms with Gasteiger partial charge in [-0.05, 0) is 23.8 Å². The van der Waals surface area contributed by atoms with E-state index < -0.39 is 0 Å². The molecule has 0 radical (unpaired) electrons. The number of hydrogen-bond acceptors (Lipinski definition) is 3. The van der Waals surface area contributed by atoms with E-state index in [-0.39, 0.29) is 0 Å². The molecule has 92 valence electrons. The molecule has 2 aromatic carbocycles. The molecular formula is C14H12ClNO2. The van der Waals surface area contributed by atoms with E-state index in [2.05, 4.69) is 5.16 Å². The van der Waals surface area contributed by atoms with E-state index in [0.29, 0.717) is 22.9 Å². The van der Waals surface area contributed by atoms with Crippen molar-refractivity contribution in [2.24, 2.45) is 5.16 Å². The summed E-state index contributed by atoms with van der Waals surface area (Å²) < 4.78 is 5.61. The quantitative estimate of drug-likeness (QED) is 0.518. The maximum absolute atomic E-state index is 8.45. The van der Waals surface area contributed by atoms with E-state index >= 15 is 0 Å². The second kappa shape index (κ2) is 6.07. The number of rotatable bonds is 4. The molecule has 0 atom stereocenters. The predicted octanol–water partition coefficient (Wildman–Crippen LogP) is 3.73. The van der Waals surface area contributed by atoms with Crippen molar-refractivity contribution in [2.75, 3.05) is 0 Å². The summed E-state index contributed by atoms with van der Waals surface area (Å²) in [6.07, 6.45) is 1.28. The van der Waals surface area contributed by atoms with Crippen molar-refractivity contribution in [3.05, 3.63) is 64.7 Å². The van der Waals surface area contributed by atoms with Crippen molar-refractivity contribution in [1.29, 1.82) is 0 Å². The predicted molar refractivity (Wildman–Crippen MR) is 71.6 cm³/mol. The van der Waals surface area contributed by atoms with Crippen LogP contribution in [0.1, 0.15) is 11.1 Å². The Morgan fingerprint density at radius 3 is 2.61 bits per heavy atom. The Bertz CT molecular complexity index is 541. The third-order valence-electron chi connectivity index (χ3n) is 2.42. The van der Waals surface area contributed by atoms with Crippen LogP contribution in [0.3, 0.4) is 0 Å². The fourth-order valence-electron chi connectivity index (χ4n) is 1.51. The van der Waals surface area contributed by atoms with Crippen LogP contribution in [0.25, 0.3) is 0 Å². The summed E-state index contributed by atoms with van der Waals surface area (Å²) in [4.78, 5) is 0. The summed E-state index contributed by atoms with van der Waals surface area (Å²) in [5.74, 6) is 0.680. The second-order valence-electron chi connectivity index (χ2n) is 3.70. The largest absolute Gasteiger partial charge is 0.489 e. The van der Waals surface area contributed by atoms with E-state index in [9.17, 15) is 0 Å². The molecule has 0 aliphatic heterocycles. The number of hydrogen-bond donors (Lipinski definition) is 1. The molecule has 0 aliphatic carbocycles. The Kier molecular flexibility index (Phi) is 4.20. The van der Waals surface area contributed by atoms with Crippen molar-refractivity contribution in [3.63, 3.8) is 0 Å². The number of benzene rings is 2. The molecule has 0 aliphatic rings. The molecule has 0 bridgehead atoms. The lowest BCUT2D eigenvalue weighted by atomic mass is 10.2. The molecule has 0 spiro atoms. The van der Waals surface area contributed by atoms with Gasteiger partial charge in [0.15, 0.2) is 0 Å². The Morgan fingerprint density at radius 1 is 1.17 bits per heavy atom. The topological polar surface area (TPSA) is 41.8 Å². The molecule has 1 N–H and O–H groups in total. The molecule has 0 aromatic heterocycles. The molecule has 18 heavy (non-hydrogen) atoms. The van der Waals surface area contributed by atoms with Crippen molar-refractivity contribution in [1.82, 2.24) is 0 Å². The summed E-state index contributed by atoms with van der Waals surface area (Å²) in [7, 11) is 0. The van der Waals surface area contributed by atoms with Crippen LogP contribution in [-0.2, 0) is 6.61 Å². The van der Waals surface area contributed by atoms with Gasteiger partial charge in [0.05, 0.1) is 11.2 Å². The van der Waals surface area contributed by atoms with Gasteiger partial charge in [-0.3, -0.25) is 0 Å². The Labute approximate surface area is 110 Å². The minimum Gasteiger partial charge on any atom is -0.489 e. The highest BCUT2D eigenvalue weighted by Crippen LogP contribution is 2.22. The molecule has 0 saturated heterocycles. The monoisotopic (exact) mass is 261 g/mol. The van der Waals surface area contributed by atoms with Crippen molar-refractivity contribution < 1.29 is 9.94 Å². The first-order valence-corrected chi connectivity index (χ1v) is 5.81. The SMILES string of the molecule is O/N=C/c1ccc(OCc2ccccc2)cc1Cl. The number of ether oxygens (including phenoxy) is 1. The van der Waals surface area contributed by atoms with Crippen molar-refractivity contribution >= 4 is 17.8 Å². The molecule has 2 rings (SSSR count). The van der Waals surface area contributed by atoms with Crippen LogP contribution in [0.5, 0.6) is 5.75 Å². The lowest BCUT2D eigenvalue weighted by Crippen LogP contribution is -1.95. The molecule has 3 nitrogen and oxygen atoms in total. The van der Waals surface area contributed by atoms with Gasteiger partial charge in [0.25, 0.3) is 0 Å². The van der Waals surface area contributed by atoms with Gasteiger partial charge in [0.1, 0.15) is 12.4 Å². The average molecular weight is 262 g/mol. The van der Waals surface area contributed by atoms with Crippen LogP contribution >= 0.6 is 11.6 Å². The van der Waals surface area contributed by atoms with Crippen LogP contribution in [0.15, 0.2) is 53.7 Å². The summed E-state index contributed by atoms with van der Waals surface area (Å²) in [5, 5.41) is 11.9. The van der Waals surface area contributed by atoms with Gasteiger partial charge in [-0.15, -0.1) is 0 Å². The Hall–Kier alpha value is -2.00. The van der Waals surface area contributed by atoms with E-state index in [1.807, 2.05) is 30.3 Å². The first kappa shape index (κ1) is 12.5. The van der Waals surface area contributed by atoms with Crippen LogP contribution in [0.4, 0.5) is 0 Å². The minimum absolute atomic E-state index is 0.485. The normalized spacial score (nSPS) is 10.7. The zero-order valence-electron chi connectivity index (χ0n) is 9.58. The highest BCUT2D eigenvalue weighted by molar-refractivity contribution is 6.33. The lowest BCUT2D eigenvalue weighted by Gasteiger charge is -2.07. The third kappa shape index (κ3) is 3.25. The van der Waals surface area contributed by atoms with Gasteiger partial charge in [-0.1, -0.05) is 47.1 Å². The fourth-order valence-corrected chi connectivity index (χ4v) is 1.72. The lowest BCUT2D eigenvalue weighted by molar-refractivity contribution is 0.306.